The molecule has 0 saturated carbocycles. The summed E-state index contributed by atoms with van der Waals surface area (Å²) in [4.78, 5) is 1.06. The molecule has 0 atom stereocenters. The molecule has 78 valence electrons. The third-order valence-corrected chi connectivity index (χ3v) is 3.45. The minimum absolute atomic E-state index is 0.202. The van der Waals surface area contributed by atoms with Crippen LogP contribution >= 0.6 is 12.6 Å². The van der Waals surface area contributed by atoms with Crippen LogP contribution in [-0.2, 0) is 9.84 Å². The van der Waals surface area contributed by atoms with E-state index in [1.165, 1.54) is 6.26 Å². The smallest absolute Gasteiger partial charge is 0.175 e. The van der Waals surface area contributed by atoms with Crippen molar-refractivity contribution in [2.45, 2.75) is 29.6 Å². The summed E-state index contributed by atoms with van der Waals surface area (Å²) in [6.45, 7) is 3.95. The SMILES string of the molecule is CC(C)c1ccc(S)cc1S(C)(=O)=O. The van der Waals surface area contributed by atoms with Gasteiger partial charge in [0.1, 0.15) is 0 Å². The van der Waals surface area contributed by atoms with Crippen LogP contribution in [0.25, 0.3) is 0 Å². The fourth-order valence-electron chi connectivity index (χ4n) is 1.32. The van der Waals surface area contributed by atoms with Crippen LogP contribution in [-0.4, -0.2) is 14.7 Å². The average Bonchev–Trinajstić information content (AvgIpc) is 2.01. The Bertz CT molecular complexity index is 433. The molecule has 1 aromatic carbocycles. The lowest BCUT2D eigenvalue weighted by Gasteiger charge is -2.11. The summed E-state index contributed by atoms with van der Waals surface area (Å²) in [5, 5.41) is 0. The summed E-state index contributed by atoms with van der Waals surface area (Å²) in [7, 11) is -3.15. The summed E-state index contributed by atoms with van der Waals surface area (Å²) in [6, 6.07) is 5.24. The van der Waals surface area contributed by atoms with Gasteiger partial charge in [-0.2, -0.15) is 0 Å². The lowest BCUT2D eigenvalue weighted by Crippen LogP contribution is -2.03. The maximum Gasteiger partial charge on any atom is 0.175 e. The summed E-state index contributed by atoms with van der Waals surface area (Å²) < 4.78 is 23.0. The molecule has 0 heterocycles. The van der Waals surface area contributed by atoms with Crippen LogP contribution < -0.4 is 0 Å². The zero-order chi connectivity index (χ0) is 10.9. The molecule has 0 N–H and O–H groups in total. The van der Waals surface area contributed by atoms with Gasteiger partial charge < -0.3 is 0 Å². The highest BCUT2D eigenvalue weighted by Crippen LogP contribution is 2.25. The molecule has 4 heteroatoms. The van der Waals surface area contributed by atoms with Crippen LogP contribution in [0.2, 0.25) is 0 Å². The van der Waals surface area contributed by atoms with Crippen molar-refractivity contribution in [1.82, 2.24) is 0 Å². The summed E-state index contributed by atoms with van der Waals surface area (Å²) >= 11 is 4.14. The van der Waals surface area contributed by atoms with Crippen LogP contribution in [0, 0.1) is 0 Å². The second-order valence-corrected chi connectivity index (χ2v) is 6.15. The van der Waals surface area contributed by atoms with Crippen molar-refractivity contribution in [2.75, 3.05) is 6.26 Å². The Balaban J connectivity index is 3.46. The van der Waals surface area contributed by atoms with E-state index in [0.717, 1.165) is 5.56 Å². The van der Waals surface area contributed by atoms with Crippen molar-refractivity contribution in [3.8, 4) is 0 Å². The van der Waals surface area contributed by atoms with E-state index in [9.17, 15) is 8.42 Å². The molecule has 0 amide bonds. The molecule has 0 aliphatic heterocycles. The van der Waals surface area contributed by atoms with Crippen molar-refractivity contribution >= 4 is 22.5 Å². The predicted molar refractivity (Wildman–Crippen MR) is 60.9 cm³/mol. The van der Waals surface area contributed by atoms with E-state index < -0.39 is 9.84 Å². The van der Waals surface area contributed by atoms with Crippen molar-refractivity contribution in [3.05, 3.63) is 23.8 Å². The molecule has 0 radical (unpaired) electrons. The molecule has 2 nitrogen and oxygen atoms in total. The standard InChI is InChI=1S/C10H14O2S2/c1-7(2)9-5-4-8(13)6-10(9)14(3,11)12/h4-7,13H,1-3H3. The molecule has 0 unspecified atom stereocenters. The minimum atomic E-state index is -3.15. The quantitative estimate of drug-likeness (QED) is 0.792. The monoisotopic (exact) mass is 230 g/mol. The van der Waals surface area contributed by atoms with Crippen molar-refractivity contribution in [2.24, 2.45) is 0 Å². The molecule has 0 aliphatic rings. The molecule has 0 spiro atoms. The predicted octanol–water partition coefficient (Wildman–Crippen LogP) is 2.50. The molecule has 0 fully saturated rings. The first-order valence-corrected chi connectivity index (χ1v) is 6.69. The molecule has 14 heavy (non-hydrogen) atoms. The van der Waals surface area contributed by atoms with Gasteiger partial charge >= 0.3 is 0 Å². The number of sulfone groups is 1. The van der Waals surface area contributed by atoms with Gasteiger partial charge in [0.2, 0.25) is 0 Å². The second-order valence-electron chi connectivity index (χ2n) is 3.65. The van der Waals surface area contributed by atoms with E-state index >= 15 is 0 Å². The van der Waals surface area contributed by atoms with Gasteiger partial charge in [0.05, 0.1) is 4.90 Å². The zero-order valence-corrected chi connectivity index (χ0v) is 10.2. The fourth-order valence-corrected chi connectivity index (χ4v) is 2.69. The summed E-state index contributed by atoms with van der Waals surface area (Å²) in [6.07, 6.45) is 1.22. The summed E-state index contributed by atoms with van der Waals surface area (Å²) in [5.41, 5.74) is 0.852. The van der Waals surface area contributed by atoms with Gasteiger partial charge in [0.25, 0.3) is 0 Å². The van der Waals surface area contributed by atoms with Gasteiger partial charge in [0.15, 0.2) is 9.84 Å². The summed E-state index contributed by atoms with van der Waals surface area (Å²) in [5.74, 6) is 0.202. The molecule has 0 saturated heterocycles. The van der Waals surface area contributed by atoms with E-state index in [4.69, 9.17) is 0 Å². The van der Waals surface area contributed by atoms with E-state index in [0.29, 0.717) is 9.79 Å². The van der Waals surface area contributed by atoms with Gasteiger partial charge in [-0.25, -0.2) is 8.42 Å². The van der Waals surface area contributed by atoms with Crippen LogP contribution in [0.1, 0.15) is 25.3 Å². The maximum atomic E-state index is 11.5. The van der Waals surface area contributed by atoms with Gasteiger partial charge in [0, 0.05) is 11.2 Å². The van der Waals surface area contributed by atoms with E-state index in [2.05, 4.69) is 12.6 Å². The third-order valence-electron chi connectivity index (χ3n) is 2.02. The Kier molecular flexibility index (Phi) is 3.27. The van der Waals surface area contributed by atoms with Crippen molar-refractivity contribution < 1.29 is 8.42 Å². The molecule has 1 rings (SSSR count). The number of hydrogen-bond acceptors (Lipinski definition) is 3. The van der Waals surface area contributed by atoms with Gasteiger partial charge in [-0.05, 0) is 23.6 Å². The molecule has 0 aliphatic carbocycles. The number of benzene rings is 1. The Hall–Kier alpha value is -0.480. The first-order chi connectivity index (χ1) is 6.32. The van der Waals surface area contributed by atoms with Crippen LogP contribution in [0.4, 0.5) is 0 Å². The van der Waals surface area contributed by atoms with E-state index in [1.54, 1.807) is 6.07 Å². The topological polar surface area (TPSA) is 34.1 Å². The normalized spacial score (nSPS) is 12.1. The maximum absolute atomic E-state index is 11.5. The lowest BCUT2D eigenvalue weighted by atomic mass is 10.0. The molecule has 0 aromatic heterocycles. The van der Waals surface area contributed by atoms with Gasteiger partial charge in [-0.3, -0.25) is 0 Å². The van der Waals surface area contributed by atoms with Gasteiger partial charge in [-0.1, -0.05) is 19.9 Å². The Morgan fingerprint density at radius 1 is 1.29 bits per heavy atom. The Morgan fingerprint density at radius 3 is 2.29 bits per heavy atom. The zero-order valence-electron chi connectivity index (χ0n) is 8.48. The van der Waals surface area contributed by atoms with Crippen LogP contribution in [0.5, 0.6) is 0 Å². The first-order valence-electron chi connectivity index (χ1n) is 4.35. The van der Waals surface area contributed by atoms with Crippen LogP contribution in [0.3, 0.4) is 0 Å². The average molecular weight is 230 g/mol. The highest BCUT2D eigenvalue weighted by molar-refractivity contribution is 7.90. The van der Waals surface area contributed by atoms with Gasteiger partial charge in [-0.15, -0.1) is 12.6 Å². The molecule has 1 aromatic rings. The Labute approximate surface area is 90.7 Å². The van der Waals surface area contributed by atoms with Crippen LogP contribution in [0.15, 0.2) is 28.0 Å². The fraction of sp³-hybridized carbons (Fsp3) is 0.400. The molecular formula is C10H14O2S2. The van der Waals surface area contributed by atoms with Crippen molar-refractivity contribution in [1.29, 1.82) is 0 Å². The second kappa shape index (κ2) is 3.95. The highest BCUT2D eigenvalue weighted by atomic mass is 32.2. The number of thiol groups is 1. The first kappa shape index (κ1) is 11.6. The highest BCUT2D eigenvalue weighted by Gasteiger charge is 2.15. The largest absolute Gasteiger partial charge is 0.224 e. The van der Waals surface area contributed by atoms with Crippen molar-refractivity contribution in [3.63, 3.8) is 0 Å². The number of hydrogen-bond donors (Lipinski definition) is 1. The van der Waals surface area contributed by atoms with E-state index in [-0.39, 0.29) is 5.92 Å². The molecule has 0 bridgehead atoms. The Morgan fingerprint density at radius 2 is 1.86 bits per heavy atom. The third kappa shape index (κ3) is 2.51. The number of rotatable bonds is 2. The van der Waals surface area contributed by atoms with E-state index in [1.807, 2.05) is 26.0 Å². The minimum Gasteiger partial charge on any atom is -0.224 e. The molecular weight excluding hydrogens is 216 g/mol. The lowest BCUT2D eigenvalue weighted by molar-refractivity contribution is 0.599.